The largest absolute Gasteiger partial charge is 0.347 e. The standard InChI is InChI=1S/C11H18FN3O3/c1-7(13)11(18)15-4-2-3-9(15)10(17)14-6-8(16)5-12/h7,9H,2-6,13H2,1H3,(H,14,17). The molecule has 0 saturated carbocycles. The average Bonchev–Trinajstić information content (AvgIpc) is 2.83. The van der Waals surface area contributed by atoms with Crippen LogP contribution in [-0.2, 0) is 14.4 Å². The molecule has 0 spiro atoms. The van der Waals surface area contributed by atoms with Crippen LogP contribution in [0.2, 0.25) is 0 Å². The van der Waals surface area contributed by atoms with Gasteiger partial charge in [0.05, 0.1) is 12.6 Å². The Hall–Kier alpha value is -1.50. The maximum Gasteiger partial charge on any atom is 0.243 e. The summed E-state index contributed by atoms with van der Waals surface area (Å²) in [5, 5.41) is 2.34. The first-order chi connectivity index (χ1) is 8.47. The third kappa shape index (κ3) is 3.49. The molecule has 0 aliphatic carbocycles. The van der Waals surface area contributed by atoms with E-state index in [2.05, 4.69) is 5.32 Å². The van der Waals surface area contributed by atoms with Crippen LogP contribution in [-0.4, -0.2) is 54.3 Å². The molecule has 1 heterocycles. The van der Waals surface area contributed by atoms with E-state index in [1.165, 1.54) is 4.90 Å². The second-order valence-corrected chi connectivity index (χ2v) is 4.37. The van der Waals surface area contributed by atoms with Crippen molar-refractivity contribution in [3.05, 3.63) is 0 Å². The summed E-state index contributed by atoms with van der Waals surface area (Å²) in [5.74, 6) is -1.40. The van der Waals surface area contributed by atoms with Gasteiger partial charge in [-0.2, -0.15) is 0 Å². The third-order valence-electron chi connectivity index (χ3n) is 2.84. The van der Waals surface area contributed by atoms with Crippen LogP contribution < -0.4 is 11.1 Å². The van der Waals surface area contributed by atoms with Crippen molar-refractivity contribution >= 4 is 17.6 Å². The molecule has 2 amide bonds. The molecule has 1 aliphatic rings. The molecule has 1 aliphatic heterocycles. The second-order valence-electron chi connectivity index (χ2n) is 4.37. The van der Waals surface area contributed by atoms with Gasteiger partial charge in [-0.15, -0.1) is 0 Å². The Bertz CT molecular complexity index is 346. The highest BCUT2D eigenvalue weighted by Crippen LogP contribution is 2.18. The number of likely N-dealkylation sites (tertiary alicyclic amines) is 1. The fraction of sp³-hybridized carbons (Fsp3) is 0.727. The lowest BCUT2D eigenvalue weighted by Gasteiger charge is -2.25. The molecule has 3 N–H and O–H groups in total. The third-order valence-corrected chi connectivity index (χ3v) is 2.84. The molecular formula is C11H18FN3O3. The summed E-state index contributed by atoms with van der Waals surface area (Å²) < 4.78 is 11.9. The molecule has 0 aromatic rings. The number of rotatable bonds is 5. The zero-order valence-corrected chi connectivity index (χ0v) is 10.3. The summed E-state index contributed by atoms with van der Waals surface area (Å²) in [6.07, 6.45) is 1.25. The van der Waals surface area contributed by atoms with Gasteiger partial charge in [0, 0.05) is 6.54 Å². The van der Waals surface area contributed by atoms with Crippen LogP contribution in [0.5, 0.6) is 0 Å². The summed E-state index contributed by atoms with van der Waals surface area (Å²) in [6, 6.07) is -1.26. The number of alkyl halides is 1. The first-order valence-electron chi connectivity index (χ1n) is 5.88. The van der Waals surface area contributed by atoms with E-state index in [1.54, 1.807) is 6.92 Å². The lowest BCUT2D eigenvalue weighted by Crippen LogP contribution is -2.51. The maximum absolute atomic E-state index is 11.9. The number of hydrogen-bond donors (Lipinski definition) is 2. The van der Waals surface area contributed by atoms with Gasteiger partial charge in [0.15, 0.2) is 5.78 Å². The minimum Gasteiger partial charge on any atom is -0.347 e. The number of Topliss-reactive ketones (excluding diaryl/α,β-unsaturated/α-hetero) is 1. The van der Waals surface area contributed by atoms with Gasteiger partial charge in [-0.1, -0.05) is 0 Å². The van der Waals surface area contributed by atoms with E-state index in [0.29, 0.717) is 19.4 Å². The van der Waals surface area contributed by atoms with Crippen LogP contribution >= 0.6 is 0 Å². The summed E-state index contributed by atoms with van der Waals surface area (Å²) in [7, 11) is 0. The quantitative estimate of drug-likeness (QED) is 0.661. The molecule has 7 heteroatoms. The van der Waals surface area contributed by atoms with E-state index in [0.717, 1.165) is 0 Å². The minimum atomic E-state index is -1.10. The molecule has 2 atom stereocenters. The molecule has 0 bridgehead atoms. The fourth-order valence-electron chi connectivity index (χ4n) is 1.92. The van der Waals surface area contributed by atoms with Gasteiger partial charge in [-0.25, -0.2) is 4.39 Å². The summed E-state index contributed by atoms with van der Waals surface area (Å²) >= 11 is 0. The SMILES string of the molecule is CC(N)C(=O)N1CCCC1C(=O)NCC(=O)CF. The molecule has 0 radical (unpaired) electrons. The Morgan fingerprint density at radius 3 is 2.72 bits per heavy atom. The van der Waals surface area contributed by atoms with Crippen LogP contribution in [0.4, 0.5) is 4.39 Å². The van der Waals surface area contributed by atoms with Crippen LogP contribution in [0.25, 0.3) is 0 Å². The van der Waals surface area contributed by atoms with Crippen molar-refractivity contribution in [3.8, 4) is 0 Å². The predicted octanol–water partition coefficient (Wildman–Crippen LogP) is -1.02. The molecule has 1 fully saturated rings. The zero-order valence-electron chi connectivity index (χ0n) is 10.3. The highest BCUT2D eigenvalue weighted by molar-refractivity contribution is 5.92. The number of hydrogen-bond acceptors (Lipinski definition) is 4. The van der Waals surface area contributed by atoms with Crippen molar-refractivity contribution in [2.24, 2.45) is 5.73 Å². The van der Waals surface area contributed by atoms with Gasteiger partial charge >= 0.3 is 0 Å². The highest BCUT2D eigenvalue weighted by atomic mass is 19.1. The number of halogens is 1. The van der Waals surface area contributed by atoms with Gasteiger partial charge in [-0.05, 0) is 19.8 Å². The van der Waals surface area contributed by atoms with Crippen molar-refractivity contribution < 1.29 is 18.8 Å². The van der Waals surface area contributed by atoms with Gasteiger partial charge in [0.1, 0.15) is 12.7 Å². The van der Waals surface area contributed by atoms with Gasteiger partial charge < -0.3 is 16.0 Å². The Morgan fingerprint density at radius 2 is 2.17 bits per heavy atom. The van der Waals surface area contributed by atoms with Gasteiger partial charge in [0.25, 0.3) is 0 Å². The Labute approximate surface area is 105 Å². The number of nitrogens with one attached hydrogen (secondary N) is 1. The predicted molar refractivity (Wildman–Crippen MR) is 62.4 cm³/mol. The number of nitrogens with zero attached hydrogens (tertiary/aromatic N) is 1. The summed E-state index contributed by atoms with van der Waals surface area (Å²) in [4.78, 5) is 35.7. The summed E-state index contributed by atoms with van der Waals surface area (Å²) in [5.41, 5.74) is 5.50. The Morgan fingerprint density at radius 1 is 1.50 bits per heavy atom. The Kier molecular flexibility index (Phi) is 5.21. The summed E-state index contributed by atoms with van der Waals surface area (Å²) in [6.45, 7) is 0.594. The highest BCUT2D eigenvalue weighted by Gasteiger charge is 2.34. The van der Waals surface area contributed by atoms with Crippen molar-refractivity contribution in [3.63, 3.8) is 0 Å². The molecular weight excluding hydrogens is 241 g/mol. The van der Waals surface area contributed by atoms with Crippen LogP contribution in [0.1, 0.15) is 19.8 Å². The average molecular weight is 259 g/mol. The van der Waals surface area contributed by atoms with Crippen molar-refractivity contribution in [1.82, 2.24) is 10.2 Å². The topological polar surface area (TPSA) is 92.5 Å². The molecule has 6 nitrogen and oxygen atoms in total. The van der Waals surface area contributed by atoms with E-state index in [1.807, 2.05) is 0 Å². The lowest BCUT2D eigenvalue weighted by atomic mass is 10.2. The lowest BCUT2D eigenvalue weighted by molar-refractivity contribution is -0.139. The van der Waals surface area contributed by atoms with E-state index in [4.69, 9.17) is 5.73 Å². The van der Waals surface area contributed by atoms with E-state index < -0.39 is 30.4 Å². The Balaban J connectivity index is 2.56. The molecule has 2 unspecified atom stereocenters. The molecule has 18 heavy (non-hydrogen) atoms. The van der Waals surface area contributed by atoms with Crippen molar-refractivity contribution in [2.75, 3.05) is 19.8 Å². The number of ketones is 1. The first kappa shape index (κ1) is 14.6. The number of carbonyl (C=O) groups excluding carboxylic acids is 3. The molecule has 0 aromatic heterocycles. The number of carbonyl (C=O) groups is 3. The van der Waals surface area contributed by atoms with E-state index >= 15 is 0 Å². The zero-order chi connectivity index (χ0) is 13.7. The van der Waals surface area contributed by atoms with Gasteiger partial charge in [0.2, 0.25) is 11.8 Å². The normalized spacial score (nSPS) is 20.6. The van der Waals surface area contributed by atoms with E-state index in [9.17, 15) is 18.8 Å². The number of nitrogens with two attached hydrogens (primary N) is 1. The molecule has 0 aromatic carbocycles. The van der Waals surface area contributed by atoms with Crippen LogP contribution in [0, 0.1) is 0 Å². The van der Waals surface area contributed by atoms with E-state index in [-0.39, 0.29) is 12.5 Å². The second kappa shape index (κ2) is 6.44. The maximum atomic E-state index is 11.9. The van der Waals surface area contributed by atoms with Crippen LogP contribution in [0.15, 0.2) is 0 Å². The number of amides is 2. The first-order valence-corrected chi connectivity index (χ1v) is 5.88. The fourth-order valence-corrected chi connectivity index (χ4v) is 1.92. The van der Waals surface area contributed by atoms with Crippen molar-refractivity contribution in [1.29, 1.82) is 0 Å². The minimum absolute atomic E-state index is 0.288. The van der Waals surface area contributed by atoms with Crippen molar-refractivity contribution in [2.45, 2.75) is 31.8 Å². The smallest absolute Gasteiger partial charge is 0.243 e. The molecule has 1 rings (SSSR count). The molecule has 102 valence electrons. The van der Waals surface area contributed by atoms with Gasteiger partial charge in [-0.3, -0.25) is 14.4 Å². The van der Waals surface area contributed by atoms with Crippen LogP contribution in [0.3, 0.4) is 0 Å². The monoisotopic (exact) mass is 259 g/mol. The molecule has 1 saturated heterocycles.